The third-order valence-corrected chi connectivity index (χ3v) is 7.95. The Bertz CT molecular complexity index is 996. The maximum Gasteiger partial charge on any atom is 0.163 e. The molecule has 1 aromatic rings. The number of ketones is 2. The van der Waals surface area contributed by atoms with Gasteiger partial charge in [0.25, 0.3) is 0 Å². The van der Waals surface area contributed by atoms with Gasteiger partial charge in [0.15, 0.2) is 11.6 Å². The van der Waals surface area contributed by atoms with Crippen molar-refractivity contribution in [2.75, 3.05) is 6.61 Å². The lowest BCUT2D eigenvalue weighted by atomic mass is 9.70. The maximum absolute atomic E-state index is 12.9. The first-order chi connectivity index (χ1) is 17.3. The SMILES string of the molecule is C=CC(=O)C1CCC(CCC2C(=O)C=Cc3ccc(C/C(C=C)=C/CCCOC(C)C)cc32)[C@@H](C)C1. The first-order valence-electron chi connectivity index (χ1n) is 13.8. The molecule has 1 saturated carbocycles. The lowest BCUT2D eigenvalue weighted by molar-refractivity contribution is -0.120. The molecular formula is C33H44O3. The van der Waals surface area contributed by atoms with Gasteiger partial charge in [-0.1, -0.05) is 56.5 Å². The van der Waals surface area contributed by atoms with Crippen molar-refractivity contribution >= 4 is 17.6 Å². The van der Waals surface area contributed by atoms with Crippen LogP contribution in [0.25, 0.3) is 6.08 Å². The van der Waals surface area contributed by atoms with Crippen LogP contribution in [0.4, 0.5) is 0 Å². The van der Waals surface area contributed by atoms with Crippen LogP contribution in [0, 0.1) is 17.8 Å². The number of fused-ring (bicyclic) bond motifs is 1. The molecule has 0 bridgehead atoms. The Morgan fingerprint density at radius 3 is 2.64 bits per heavy atom. The highest BCUT2D eigenvalue weighted by molar-refractivity contribution is 6.01. The van der Waals surface area contributed by atoms with Crippen molar-refractivity contribution in [3.05, 3.63) is 77.9 Å². The van der Waals surface area contributed by atoms with Crippen molar-refractivity contribution in [2.24, 2.45) is 17.8 Å². The number of hydrogen-bond donors (Lipinski definition) is 0. The van der Waals surface area contributed by atoms with Crippen molar-refractivity contribution < 1.29 is 14.3 Å². The van der Waals surface area contributed by atoms with Gasteiger partial charge in [-0.3, -0.25) is 9.59 Å². The van der Waals surface area contributed by atoms with E-state index in [1.807, 2.05) is 12.2 Å². The number of unbranched alkanes of at least 4 members (excludes halogenated alkanes) is 1. The summed E-state index contributed by atoms with van der Waals surface area (Å²) in [5, 5.41) is 0. The average molecular weight is 489 g/mol. The van der Waals surface area contributed by atoms with Crippen LogP contribution in [0.2, 0.25) is 0 Å². The van der Waals surface area contributed by atoms with Gasteiger partial charge in [-0.2, -0.15) is 0 Å². The van der Waals surface area contributed by atoms with E-state index in [0.717, 1.165) is 69.1 Å². The number of allylic oxidation sites excluding steroid dienone is 5. The molecule has 194 valence electrons. The monoisotopic (exact) mass is 488 g/mol. The summed E-state index contributed by atoms with van der Waals surface area (Å²) in [7, 11) is 0. The Hall–Kier alpha value is -2.52. The van der Waals surface area contributed by atoms with Crippen LogP contribution >= 0.6 is 0 Å². The molecule has 3 unspecified atom stereocenters. The number of ether oxygens (including phenoxy) is 1. The number of carbonyl (C=O) groups excluding carboxylic acids is 2. The van der Waals surface area contributed by atoms with Gasteiger partial charge in [0.1, 0.15) is 0 Å². The van der Waals surface area contributed by atoms with Crippen LogP contribution in [-0.4, -0.2) is 24.3 Å². The van der Waals surface area contributed by atoms with E-state index in [2.05, 4.69) is 58.2 Å². The quantitative estimate of drug-likeness (QED) is 0.161. The Morgan fingerprint density at radius 1 is 1.14 bits per heavy atom. The van der Waals surface area contributed by atoms with E-state index in [1.54, 1.807) is 6.08 Å². The Kier molecular flexibility index (Phi) is 10.7. The molecule has 36 heavy (non-hydrogen) atoms. The second kappa shape index (κ2) is 13.7. The van der Waals surface area contributed by atoms with E-state index >= 15 is 0 Å². The van der Waals surface area contributed by atoms with E-state index in [1.165, 1.54) is 17.2 Å². The molecule has 0 amide bonds. The largest absolute Gasteiger partial charge is 0.379 e. The number of hydrogen-bond acceptors (Lipinski definition) is 3. The highest BCUT2D eigenvalue weighted by atomic mass is 16.5. The van der Waals surface area contributed by atoms with E-state index in [9.17, 15) is 9.59 Å². The van der Waals surface area contributed by atoms with Gasteiger partial charge in [-0.05, 0) is 111 Å². The first kappa shape index (κ1) is 28.1. The summed E-state index contributed by atoms with van der Waals surface area (Å²) < 4.78 is 5.64. The van der Waals surface area contributed by atoms with Gasteiger partial charge in [0.2, 0.25) is 0 Å². The molecule has 2 aliphatic carbocycles. The Balaban J connectivity index is 1.63. The molecule has 3 heteroatoms. The molecule has 0 heterocycles. The smallest absolute Gasteiger partial charge is 0.163 e. The zero-order chi connectivity index (χ0) is 26.1. The molecule has 1 aromatic carbocycles. The Labute approximate surface area is 218 Å². The highest BCUT2D eigenvalue weighted by Gasteiger charge is 2.32. The standard InChI is InChI=1S/C33H44O3/c1-6-25(10-8-9-19-36-23(3)4)21-26-11-12-28-16-18-33(35)30(31(28)22-26)17-15-27-13-14-29(20-24(27)5)32(34)7-2/h6-7,10-12,16,18,22-24,27,29-30H,1-2,8-9,13-15,17,19-21H2,3-5H3/b25-10+/t24-,27?,29?,30?/m0/s1. The Morgan fingerprint density at radius 2 is 1.94 bits per heavy atom. The molecule has 0 aliphatic heterocycles. The number of carbonyl (C=O) groups is 2. The summed E-state index contributed by atoms with van der Waals surface area (Å²) in [6, 6.07) is 6.57. The minimum absolute atomic E-state index is 0.0750. The van der Waals surface area contributed by atoms with Gasteiger partial charge in [0.05, 0.1) is 6.10 Å². The molecule has 2 aliphatic rings. The van der Waals surface area contributed by atoms with Crippen LogP contribution in [0.5, 0.6) is 0 Å². The summed E-state index contributed by atoms with van der Waals surface area (Å²) in [5.74, 6) is 1.52. The molecule has 0 saturated heterocycles. The van der Waals surface area contributed by atoms with E-state index < -0.39 is 0 Å². The van der Waals surface area contributed by atoms with Crippen molar-refractivity contribution in [1.29, 1.82) is 0 Å². The highest BCUT2D eigenvalue weighted by Crippen LogP contribution is 2.40. The van der Waals surface area contributed by atoms with Gasteiger partial charge in [-0.15, -0.1) is 0 Å². The summed E-state index contributed by atoms with van der Waals surface area (Å²) >= 11 is 0. The normalized spacial score (nSPS) is 24.0. The molecule has 3 nitrogen and oxygen atoms in total. The van der Waals surface area contributed by atoms with Crippen molar-refractivity contribution in [3.8, 4) is 0 Å². The minimum Gasteiger partial charge on any atom is -0.379 e. The van der Waals surface area contributed by atoms with Crippen molar-refractivity contribution in [2.45, 2.75) is 84.2 Å². The minimum atomic E-state index is -0.0750. The summed E-state index contributed by atoms with van der Waals surface area (Å²) in [4.78, 5) is 25.0. The first-order valence-corrected chi connectivity index (χ1v) is 13.8. The molecule has 0 radical (unpaired) electrons. The molecule has 3 rings (SSSR count). The van der Waals surface area contributed by atoms with Gasteiger partial charge in [-0.25, -0.2) is 0 Å². The van der Waals surface area contributed by atoms with Crippen LogP contribution in [0.15, 0.2) is 61.2 Å². The third-order valence-electron chi connectivity index (χ3n) is 7.95. The van der Waals surface area contributed by atoms with Crippen molar-refractivity contribution in [3.63, 3.8) is 0 Å². The van der Waals surface area contributed by atoms with Gasteiger partial charge >= 0.3 is 0 Å². The molecule has 0 aromatic heterocycles. The topological polar surface area (TPSA) is 43.4 Å². The summed E-state index contributed by atoms with van der Waals surface area (Å²) in [6.07, 6.45) is 17.3. The summed E-state index contributed by atoms with van der Waals surface area (Å²) in [6.45, 7) is 14.8. The number of benzene rings is 1. The second-order valence-electron chi connectivity index (χ2n) is 10.9. The fraction of sp³-hybridized carbons (Fsp3) is 0.515. The molecule has 0 spiro atoms. The van der Waals surface area contributed by atoms with Crippen LogP contribution in [0.3, 0.4) is 0 Å². The van der Waals surface area contributed by atoms with E-state index in [-0.39, 0.29) is 29.5 Å². The lowest BCUT2D eigenvalue weighted by Gasteiger charge is -2.34. The average Bonchev–Trinajstić information content (AvgIpc) is 2.87. The van der Waals surface area contributed by atoms with Crippen molar-refractivity contribution in [1.82, 2.24) is 0 Å². The molecule has 1 fully saturated rings. The van der Waals surface area contributed by atoms with Crippen LogP contribution in [-0.2, 0) is 20.7 Å². The molecular weight excluding hydrogens is 444 g/mol. The second-order valence-corrected chi connectivity index (χ2v) is 10.9. The predicted molar refractivity (Wildman–Crippen MR) is 150 cm³/mol. The lowest BCUT2D eigenvalue weighted by Crippen LogP contribution is -2.27. The maximum atomic E-state index is 12.9. The predicted octanol–water partition coefficient (Wildman–Crippen LogP) is 7.81. The van der Waals surface area contributed by atoms with Gasteiger partial charge in [0, 0.05) is 18.4 Å². The fourth-order valence-electron chi connectivity index (χ4n) is 5.77. The zero-order valence-corrected chi connectivity index (χ0v) is 22.5. The third kappa shape index (κ3) is 7.74. The molecule has 4 atom stereocenters. The van der Waals surface area contributed by atoms with Gasteiger partial charge < -0.3 is 4.74 Å². The summed E-state index contributed by atoms with van der Waals surface area (Å²) in [5.41, 5.74) is 4.76. The van der Waals surface area contributed by atoms with E-state index in [4.69, 9.17) is 4.74 Å². The number of rotatable bonds is 13. The zero-order valence-electron chi connectivity index (χ0n) is 22.5. The van der Waals surface area contributed by atoms with E-state index in [0.29, 0.717) is 11.8 Å². The fourth-order valence-corrected chi connectivity index (χ4v) is 5.77. The van der Waals surface area contributed by atoms with Crippen LogP contribution < -0.4 is 0 Å². The van der Waals surface area contributed by atoms with Crippen LogP contribution in [0.1, 0.15) is 88.3 Å². The molecule has 0 N–H and O–H groups in total.